The lowest BCUT2D eigenvalue weighted by atomic mass is 9.94. The van der Waals surface area contributed by atoms with E-state index in [9.17, 15) is 0 Å². The van der Waals surface area contributed by atoms with E-state index in [0.717, 1.165) is 5.56 Å². The Morgan fingerprint density at radius 3 is 2.59 bits per heavy atom. The zero-order valence-corrected chi connectivity index (χ0v) is 11.7. The molecular formula is C14H19Cl2N. The zero-order valence-electron chi connectivity index (χ0n) is 10.2. The number of hydrogen-bond donors (Lipinski definition) is 1. The summed E-state index contributed by atoms with van der Waals surface area (Å²) in [7, 11) is 0. The molecule has 1 aromatic rings. The summed E-state index contributed by atoms with van der Waals surface area (Å²) in [6.07, 6.45) is 6.62. The highest BCUT2D eigenvalue weighted by atomic mass is 35.5. The second-order valence-electron chi connectivity index (χ2n) is 4.87. The van der Waals surface area contributed by atoms with Crippen LogP contribution < -0.4 is 5.32 Å². The molecule has 0 spiro atoms. The van der Waals surface area contributed by atoms with Gasteiger partial charge in [0, 0.05) is 12.1 Å². The van der Waals surface area contributed by atoms with E-state index in [1.54, 1.807) is 0 Å². The summed E-state index contributed by atoms with van der Waals surface area (Å²) in [6, 6.07) is 6.75. The number of benzene rings is 1. The molecule has 3 heteroatoms. The van der Waals surface area contributed by atoms with Crippen molar-refractivity contribution < 1.29 is 0 Å². The molecule has 1 unspecified atom stereocenters. The lowest BCUT2D eigenvalue weighted by molar-refractivity contribution is 0.347. The van der Waals surface area contributed by atoms with Crippen LogP contribution in [0.1, 0.15) is 50.6 Å². The van der Waals surface area contributed by atoms with Crippen LogP contribution in [0.25, 0.3) is 0 Å². The van der Waals surface area contributed by atoms with E-state index >= 15 is 0 Å². The summed E-state index contributed by atoms with van der Waals surface area (Å²) in [5.41, 5.74) is 1.10. The van der Waals surface area contributed by atoms with Crippen molar-refractivity contribution >= 4 is 23.2 Å². The highest BCUT2D eigenvalue weighted by Gasteiger charge is 2.18. The highest BCUT2D eigenvalue weighted by Crippen LogP contribution is 2.30. The van der Waals surface area contributed by atoms with E-state index in [1.165, 1.54) is 32.1 Å². The molecule has 1 saturated carbocycles. The van der Waals surface area contributed by atoms with E-state index in [0.29, 0.717) is 16.1 Å². The monoisotopic (exact) mass is 271 g/mol. The van der Waals surface area contributed by atoms with Gasteiger partial charge in [0.15, 0.2) is 0 Å². The van der Waals surface area contributed by atoms with Gasteiger partial charge in [0.05, 0.1) is 10.0 Å². The summed E-state index contributed by atoms with van der Waals surface area (Å²) < 4.78 is 0. The Morgan fingerprint density at radius 1 is 1.18 bits per heavy atom. The standard InChI is InChI=1S/C14H19Cl2N/c1-10(17-11-6-3-2-4-7-11)12-8-5-9-13(15)14(12)16/h5,8-11,17H,2-4,6-7H2,1H3. The molecule has 1 aliphatic carbocycles. The Kier molecular flexibility index (Phi) is 4.72. The molecule has 17 heavy (non-hydrogen) atoms. The van der Waals surface area contributed by atoms with Crippen molar-refractivity contribution in [2.24, 2.45) is 0 Å². The molecule has 0 saturated heterocycles. The van der Waals surface area contributed by atoms with Gasteiger partial charge >= 0.3 is 0 Å². The fourth-order valence-electron chi connectivity index (χ4n) is 2.57. The average Bonchev–Trinajstić information content (AvgIpc) is 2.34. The van der Waals surface area contributed by atoms with Gasteiger partial charge in [-0.15, -0.1) is 0 Å². The molecule has 1 atom stereocenters. The average molecular weight is 272 g/mol. The summed E-state index contributed by atoms with van der Waals surface area (Å²) in [5.74, 6) is 0. The van der Waals surface area contributed by atoms with Crippen molar-refractivity contribution in [3.8, 4) is 0 Å². The first-order valence-corrected chi connectivity index (χ1v) is 7.14. The number of halogens is 2. The SMILES string of the molecule is CC(NC1CCCCC1)c1cccc(Cl)c1Cl. The second kappa shape index (κ2) is 6.08. The number of nitrogens with one attached hydrogen (secondary N) is 1. The van der Waals surface area contributed by atoms with Crippen LogP contribution in [-0.4, -0.2) is 6.04 Å². The third-order valence-electron chi connectivity index (χ3n) is 3.54. The molecular weight excluding hydrogens is 253 g/mol. The van der Waals surface area contributed by atoms with Gasteiger partial charge < -0.3 is 5.32 Å². The van der Waals surface area contributed by atoms with Gasteiger partial charge in [0.1, 0.15) is 0 Å². The van der Waals surface area contributed by atoms with Gasteiger partial charge in [0.25, 0.3) is 0 Å². The van der Waals surface area contributed by atoms with Gasteiger partial charge in [0.2, 0.25) is 0 Å². The summed E-state index contributed by atoms with van der Waals surface area (Å²) in [5, 5.41) is 4.99. The van der Waals surface area contributed by atoms with Crippen LogP contribution in [0.2, 0.25) is 10.0 Å². The van der Waals surface area contributed by atoms with Gasteiger partial charge in [-0.2, -0.15) is 0 Å². The van der Waals surface area contributed by atoms with Gasteiger partial charge in [-0.1, -0.05) is 54.6 Å². The first-order valence-electron chi connectivity index (χ1n) is 6.38. The molecule has 1 aromatic carbocycles. The molecule has 0 heterocycles. The lowest BCUT2D eigenvalue weighted by Crippen LogP contribution is -2.33. The summed E-state index contributed by atoms with van der Waals surface area (Å²) in [4.78, 5) is 0. The van der Waals surface area contributed by atoms with Gasteiger partial charge in [-0.3, -0.25) is 0 Å². The van der Waals surface area contributed by atoms with E-state index in [-0.39, 0.29) is 6.04 Å². The topological polar surface area (TPSA) is 12.0 Å². The third-order valence-corrected chi connectivity index (χ3v) is 4.37. The van der Waals surface area contributed by atoms with Crippen molar-refractivity contribution in [2.45, 2.75) is 51.1 Å². The Hall–Kier alpha value is -0.240. The maximum atomic E-state index is 6.23. The van der Waals surface area contributed by atoms with Crippen LogP contribution in [0, 0.1) is 0 Å². The Morgan fingerprint density at radius 2 is 1.88 bits per heavy atom. The van der Waals surface area contributed by atoms with Crippen LogP contribution in [0.15, 0.2) is 18.2 Å². The van der Waals surface area contributed by atoms with Crippen molar-refractivity contribution in [3.63, 3.8) is 0 Å². The van der Waals surface area contributed by atoms with E-state index in [1.807, 2.05) is 12.1 Å². The largest absolute Gasteiger partial charge is 0.307 e. The van der Waals surface area contributed by atoms with Crippen molar-refractivity contribution in [3.05, 3.63) is 33.8 Å². The minimum Gasteiger partial charge on any atom is -0.307 e. The molecule has 0 amide bonds. The predicted molar refractivity (Wildman–Crippen MR) is 74.9 cm³/mol. The Labute approximate surface area is 114 Å². The molecule has 2 rings (SSSR count). The van der Waals surface area contributed by atoms with Crippen molar-refractivity contribution in [1.82, 2.24) is 5.32 Å². The van der Waals surface area contributed by atoms with E-state index in [2.05, 4.69) is 18.3 Å². The summed E-state index contributed by atoms with van der Waals surface area (Å²) in [6.45, 7) is 2.16. The molecule has 0 radical (unpaired) electrons. The maximum absolute atomic E-state index is 6.23. The molecule has 94 valence electrons. The quantitative estimate of drug-likeness (QED) is 0.818. The summed E-state index contributed by atoms with van der Waals surface area (Å²) >= 11 is 12.3. The molecule has 1 N–H and O–H groups in total. The number of hydrogen-bond acceptors (Lipinski definition) is 1. The Bertz CT molecular complexity index is 372. The Balaban J connectivity index is 2.03. The van der Waals surface area contributed by atoms with E-state index < -0.39 is 0 Å². The van der Waals surface area contributed by atoms with Crippen LogP contribution in [0.5, 0.6) is 0 Å². The normalized spacial score (nSPS) is 19.2. The van der Waals surface area contributed by atoms with Crippen molar-refractivity contribution in [1.29, 1.82) is 0 Å². The third kappa shape index (κ3) is 3.37. The molecule has 0 aliphatic heterocycles. The van der Waals surface area contributed by atoms with Crippen LogP contribution in [0.3, 0.4) is 0 Å². The minimum absolute atomic E-state index is 0.268. The lowest BCUT2D eigenvalue weighted by Gasteiger charge is -2.27. The van der Waals surface area contributed by atoms with Gasteiger partial charge in [-0.05, 0) is 31.4 Å². The van der Waals surface area contributed by atoms with Crippen LogP contribution >= 0.6 is 23.2 Å². The fourth-order valence-corrected chi connectivity index (χ4v) is 3.04. The highest BCUT2D eigenvalue weighted by molar-refractivity contribution is 6.42. The second-order valence-corrected chi connectivity index (χ2v) is 5.65. The smallest absolute Gasteiger partial charge is 0.0639 e. The number of rotatable bonds is 3. The predicted octanol–water partition coefficient (Wildman–Crippen LogP) is 4.98. The van der Waals surface area contributed by atoms with Crippen LogP contribution in [0.4, 0.5) is 0 Å². The molecule has 0 aromatic heterocycles. The zero-order chi connectivity index (χ0) is 12.3. The fraction of sp³-hybridized carbons (Fsp3) is 0.571. The molecule has 0 bridgehead atoms. The first-order chi connectivity index (χ1) is 8.18. The first kappa shape index (κ1) is 13.2. The van der Waals surface area contributed by atoms with Crippen LogP contribution in [-0.2, 0) is 0 Å². The molecule has 1 nitrogen and oxygen atoms in total. The maximum Gasteiger partial charge on any atom is 0.0639 e. The van der Waals surface area contributed by atoms with E-state index in [4.69, 9.17) is 23.2 Å². The molecule has 1 aliphatic rings. The van der Waals surface area contributed by atoms with Gasteiger partial charge in [-0.25, -0.2) is 0 Å². The van der Waals surface area contributed by atoms with Crippen molar-refractivity contribution in [2.75, 3.05) is 0 Å². The molecule has 1 fully saturated rings. The minimum atomic E-state index is 0.268.